The standard InChI is InChI=1S/C23H33N3O2/c1-16(2)15-26-18(4)21(17(3)24-26)14-22(27)25-12-10-20(11-13-25)23(28)19-8-6-5-7-9-19/h5-9,16,20,23,28H,10-15H2,1-4H3. The van der Waals surface area contributed by atoms with Crippen molar-refractivity contribution in [3.8, 4) is 0 Å². The average molecular weight is 384 g/mol. The minimum Gasteiger partial charge on any atom is -0.388 e. The summed E-state index contributed by atoms with van der Waals surface area (Å²) in [6.45, 7) is 10.7. The number of aromatic nitrogens is 2. The van der Waals surface area contributed by atoms with E-state index in [0.717, 1.165) is 41.9 Å². The van der Waals surface area contributed by atoms with Crippen molar-refractivity contribution < 1.29 is 9.90 Å². The number of aliphatic hydroxyl groups excluding tert-OH is 1. The molecule has 1 fully saturated rings. The minimum atomic E-state index is -0.447. The predicted octanol–water partition coefficient (Wildman–Crippen LogP) is 3.67. The van der Waals surface area contributed by atoms with Crippen molar-refractivity contribution in [3.05, 3.63) is 52.8 Å². The fraction of sp³-hybridized carbons (Fsp3) is 0.565. The van der Waals surface area contributed by atoms with Crippen LogP contribution in [0, 0.1) is 25.7 Å². The Morgan fingerprint density at radius 2 is 1.82 bits per heavy atom. The number of rotatable bonds is 6. The number of likely N-dealkylation sites (tertiary alicyclic amines) is 1. The van der Waals surface area contributed by atoms with E-state index in [1.165, 1.54) is 0 Å². The molecule has 5 heteroatoms. The van der Waals surface area contributed by atoms with Gasteiger partial charge >= 0.3 is 0 Å². The molecular weight excluding hydrogens is 350 g/mol. The number of benzene rings is 1. The van der Waals surface area contributed by atoms with Crippen LogP contribution in [0.3, 0.4) is 0 Å². The van der Waals surface area contributed by atoms with Crippen molar-refractivity contribution in [3.63, 3.8) is 0 Å². The first-order valence-electron chi connectivity index (χ1n) is 10.4. The highest BCUT2D eigenvalue weighted by Gasteiger charge is 2.29. The third-order valence-corrected chi connectivity index (χ3v) is 5.88. The van der Waals surface area contributed by atoms with Gasteiger partial charge in [-0.1, -0.05) is 44.2 Å². The second kappa shape index (κ2) is 8.91. The Kier molecular flexibility index (Phi) is 6.55. The van der Waals surface area contributed by atoms with Gasteiger partial charge in [0, 0.05) is 30.9 Å². The molecular formula is C23H33N3O2. The second-order valence-corrected chi connectivity index (χ2v) is 8.48. The van der Waals surface area contributed by atoms with Gasteiger partial charge in [-0.2, -0.15) is 5.10 Å². The monoisotopic (exact) mass is 383 g/mol. The van der Waals surface area contributed by atoms with Crippen molar-refractivity contribution in [1.29, 1.82) is 0 Å². The molecule has 0 radical (unpaired) electrons. The van der Waals surface area contributed by atoms with E-state index in [1.54, 1.807) is 0 Å². The molecule has 2 aromatic rings. The number of hydrogen-bond donors (Lipinski definition) is 1. The largest absolute Gasteiger partial charge is 0.388 e. The van der Waals surface area contributed by atoms with Crippen LogP contribution in [0.5, 0.6) is 0 Å². The van der Waals surface area contributed by atoms with Crippen molar-refractivity contribution in [2.75, 3.05) is 13.1 Å². The normalized spacial score (nSPS) is 16.6. The van der Waals surface area contributed by atoms with E-state index >= 15 is 0 Å². The number of piperidine rings is 1. The van der Waals surface area contributed by atoms with Crippen LogP contribution in [0.15, 0.2) is 30.3 Å². The lowest BCUT2D eigenvalue weighted by atomic mass is 9.87. The first-order chi connectivity index (χ1) is 13.4. The van der Waals surface area contributed by atoms with Crippen molar-refractivity contribution in [2.45, 2.75) is 59.6 Å². The number of hydrogen-bond acceptors (Lipinski definition) is 3. The summed E-state index contributed by atoms with van der Waals surface area (Å²) in [5.41, 5.74) is 4.10. The molecule has 5 nitrogen and oxygen atoms in total. The number of amides is 1. The Balaban J connectivity index is 1.58. The lowest BCUT2D eigenvalue weighted by molar-refractivity contribution is -0.132. The van der Waals surface area contributed by atoms with E-state index in [-0.39, 0.29) is 11.8 Å². The van der Waals surface area contributed by atoms with Crippen LogP contribution in [-0.2, 0) is 17.8 Å². The molecule has 0 saturated carbocycles. The zero-order valence-corrected chi connectivity index (χ0v) is 17.6. The van der Waals surface area contributed by atoms with E-state index in [1.807, 2.05) is 46.8 Å². The Bertz CT molecular complexity index is 790. The van der Waals surface area contributed by atoms with E-state index < -0.39 is 6.10 Å². The maximum Gasteiger partial charge on any atom is 0.227 e. The van der Waals surface area contributed by atoms with Crippen molar-refractivity contribution in [1.82, 2.24) is 14.7 Å². The van der Waals surface area contributed by atoms with Crippen molar-refractivity contribution >= 4 is 5.91 Å². The lowest BCUT2D eigenvalue weighted by Gasteiger charge is -2.34. The maximum atomic E-state index is 12.9. The molecule has 1 unspecified atom stereocenters. The summed E-state index contributed by atoms with van der Waals surface area (Å²) >= 11 is 0. The number of nitrogens with zero attached hydrogens (tertiary/aromatic N) is 3. The van der Waals surface area contributed by atoms with Gasteiger partial charge in [0.1, 0.15) is 0 Å². The fourth-order valence-corrected chi connectivity index (χ4v) is 4.16. The number of aryl methyl sites for hydroxylation is 1. The summed E-state index contributed by atoms with van der Waals surface area (Å²) in [5, 5.41) is 15.3. The van der Waals surface area contributed by atoms with Gasteiger partial charge in [-0.15, -0.1) is 0 Å². The van der Waals surface area contributed by atoms with Crippen LogP contribution in [-0.4, -0.2) is 38.8 Å². The van der Waals surface area contributed by atoms with Crippen LogP contribution < -0.4 is 0 Å². The highest BCUT2D eigenvalue weighted by Crippen LogP contribution is 2.31. The summed E-state index contributed by atoms with van der Waals surface area (Å²) in [4.78, 5) is 14.8. The fourth-order valence-electron chi connectivity index (χ4n) is 4.16. The first kappa shape index (κ1) is 20.6. The van der Waals surface area contributed by atoms with Gasteiger partial charge in [-0.3, -0.25) is 9.48 Å². The number of aliphatic hydroxyl groups is 1. The van der Waals surface area contributed by atoms with Gasteiger partial charge < -0.3 is 10.0 Å². The molecule has 1 aromatic carbocycles. The quantitative estimate of drug-likeness (QED) is 0.828. The van der Waals surface area contributed by atoms with Crippen LogP contribution in [0.1, 0.15) is 55.3 Å². The highest BCUT2D eigenvalue weighted by molar-refractivity contribution is 5.79. The van der Waals surface area contributed by atoms with Crippen LogP contribution in [0.25, 0.3) is 0 Å². The maximum absolute atomic E-state index is 12.9. The molecule has 1 aliphatic rings. The van der Waals surface area contributed by atoms with E-state index in [9.17, 15) is 9.90 Å². The summed E-state index contributed by atoms with van der Waals surface area (Å²) in [6.07, 6.45) is 1.65. The van der Waals surface area contributed by atoms with E-state index in [0.29, 0.717) is 25.4 Å². The topological polar surface area (TPSA) is 58.4 Å². The Morgan fingerprint density at radius 1 is 1.18 bits per heavy atom. The molecule has 0 aliphatic carbocycles. The molecule has 3 rings (SSSR count). The Labute approximate surface area is 168 Å². The van der Waals surface area contributed by atoms with Crippen molar-refractivity contribution in [2.24, 2.45) is 11.8 Å². The molecule has 1 atom stereocenters. The highest BCUT2D eigenvalue weighted by atomic mass is 16.3. The molecule has 1 aromatic heterocycles. The van der Waals surface area contributed by atoms with Gasteiger partial charge in [0.15, 0.2) is 0 Å². The molecule has 1 saturated heterocycles. The lowest BCUT2D eigenvalue weighted by Crippen LogP contribution is -2.40. The van der Waals surface area contributed by atoms with E-state index in [4.69, 9.17) is 0 Å². The zero-order chi connectivity index (χ0) is 20.3. The van der Waals surface area contributed by atoms with Gasteiger partial charge in [-0.05, 0) is 44.1 Å². The molecule has 0 bridgehead atoms. The molecule has 28 heavy (non-hydrogen) atoms. The van der Waals surface area contributed by atoms with Gasteiger partial charge in [-0.25, -0.2) is 0 Å². The second-order valence-electron chi connectivity index (χ2n) is 8.48. The van der Waals surface area contributed by atoms with Gasteiger partial charge in [0.05, 0.1) is 18.2 Å². The molecule has 1 amide bonds. The third kappa shape index (κ3) is 4.64. The van der Waals surface area contributed by atoms with Gasteiger partial charge in [0.2, 0.25) is 5.91 Å². The predicted molar refractivity (Wildman–Crippen MR) is 111 cm³/mol. The summed E-state index contributed by atoms with van der Waals surface area (Å²) in [5.74, 6) is 0.906. The Morgan fingerprint density at radius 3 is 2.43 bits per heavy atom. The molecule has 1 aliphatic heterocycles. The number of carbonyl (C=O) groups excluding carboxylic acids is 1. The molecule has 152 valence electrons. The average Bonchev–Trinajstić information content (AvgIpc) is 2.95. The summed E-state index contributed by atoms with van der Waals surface area (Å²) in [6, 6.07) is 9.83. The summed E-state index contributed by atoms with van der Waals surface area (Å²) < 4.78 is 2.03. The van der Waals surface area contributed by atoms with Crippen LogP contribution in [0.2, 0.25) is 0 Å². The van der Waals surface area contributed by atoms with E-state index in [2.05, 4.69) is 25.9 Å². The number of carbonyl (C=O) groups is 1. The summed E-state index contributed by atoms with van der Waals surface area (Å²) in [7, 11) is 0. The van der Waals surface area contributed by atoms with Crippen LogP contribution in [0.4, 0.5) is 0 Å². The molecule has 1 N–H and O–H groups in total. The van der Waals surface area contributed by atoms with Gasteiger partial charge in [0.25, 0.3) is 0 Å². The molecule has 0 spiro atoms. The molecule has 2 heterocycles. The first-order valence-corrected chi connectivity index (χ1v) is 10.4. The minimum absolute atomic E-state index is 0.169. The third-order valence-electron chi connectivity index (χ3n) is 5.88. The Hall–Kier alpha value is -2.14. The SMILES string of the molecule is Cc1nn(CC(C)C)c(C)c1CC(=O)N1CCC(C(O)c2ccccc2)CC1. The van der Waals surface area contributed by atoms with Crippen LogP contribution >= 0.6 is 0 Å². The smallest absolute Gasteiger partial charge is 0.227 e. The zero-order valence-electron chi connectivity index (χ0n) is 17.6.